The van der Waals surface area contributed by atoms with Crippen molar-refractivity contribution in [3.8, 4) is 11.5 Å². The van der Waals surface area contributed by atoms with Crippen molar-refractivity contribution in [1.82, 2.24) is 14.9 Å². The molecule has 1 fully saturated rings. The summed E-state index contributed by atoms with van der Waals surface area (Å²) in [5, 5.41) is 15.0. The van der Waals surface area contributed by atoms with Crippen LogP contribution in [0.3, 0.4) is 0 Å². The standard InChI is InChI=1S/C31H40N8O7/c1-8-36-11-13-37(14-12-36)21-9-10-25(26(17-21)39(42)43)34-27-19-28(33-20-32-27)35(5)29(40)38(30(41)46-31(2,3)4)22-15-23(44-6)18-24(16-22)45-7/h9-10,15-20H,8,11-14H2,1-7H3,(H,32,33,34). The number of nitrogens with zero attached hydrogens (tertiary/aromatic N) is 7. The summed E-state index contributed by atoms with van der Waals surface area (Å²) >= 11 is 0. The quantitative estimate of drug-likeness (QED) is 0.240. The van der Waals surface area contributed by atoms with E-state index >= 15 is 0 Å². The highest BCUT2D eigenvalue weighted by Crippen LogP contribution is 2.34. The van der Waals surface area contributed by atoms with E-state index in [1.807, 2.05) is 6.07 Å². The van der Waals surface area contributed by atoms with Crippen LogP contribution in [0.4, 0.5) is 44.0 Å². The third-order valence-corrected chi connectivity index (χ3v) is 7.27. The van der Waals surface area contributed by atoms with Crippen molar-refractivity contribution in [2.75, 3.05) is 74.0 Å². The average Bonchev–Trinajstić information content (AvgIpc) is 3.03. The SMILES string of the molecule is CCN1CCN(c2ccc(Nc3cc(N(C)C(=O)N(C(=O)OC(C)(C)C)c4cc(OC)cc(OC)c4)ncn3)c([N+](=O)[O-])c2)CC1. The number of nitro benzene ring substituents is 1. The molecular formula is C31H40N8O7. The molecule has 0 saturated carbocycles. The van der Waals surface area contributed by atoms with E-state index in [0.29, 0.717) is 11.5 Å². The summed E-state index contributed by atoms with van der Waals surface area (Å²) < 4.78 is 16.2. The topological polar surface area (TPSA) is 156 Å². The van der Waals surface area contributed by atoms with Crippen LogP contribution in [-0.4, -0.2) is 91.5 Å². The highest BCUT2D eigenvalue weighted by molar-refractivity contribution is 6.17. The Balaban J connectivity index is 1.61. The molecule has 1 aromatic heterocycles. The minimum atomic E-state index is -0.932. The lowest BCUT2D eigenvalue weighted by atomic mass is 10.2. The van der Waals surface area contributed by atoms with Crippen molar-refractivity contribution in [3.63, 3.8) is 0 Å². The first-order valence-corrected chi connectivity index (χ1v) is 14.7. The van der Waals surface area contributed by atoms with E-state index < -0.39 is 22.6 Å². The van der Waals surface area contributed by atoms with E-state index in [1.165, 1.54) is 45.8 Å². The molecule has 0 aliphatic carbocycles. The van der Waals surface area contributed by atoms with Crippen LogP contribution in [0.5, 0.6) is 11.5 Å². The highest BCUT2D eigenvalue weighted by atomic mass is 16.6. The molecule has 0 bridgehead atoms. The number of benzene rings is 2. The molecule has 0 atom stereocenters. The fourth-order valence-electron chi connectivity index (χ4n) is 4.80. The van der Waals surface area contributed by atoms with Crippen molar-refractivity contribution in [2.45, 2.75) is 33.3 Å². The molecule has 1 saturated heterocycles. The van der Waals surface area contributed by atoms with Crippen molar-refractivity contribution in [2.24, 2.45) is 0 Å². The zero-order valence-corrected chi connectivity index (χ0v) is 27.1. The maximum absolute atomic E-state index is 13.9. The van der Waals surface area contributed by atoms with Gasteiger partial charge in [-0.2, -0.15) is 4.90 Å². The lowest BCUT2D eigenvalue weighted by Gasteiger charge is -2.35. The third kappa shape index (κ3) is 8.10. The molecule has 1 aliphatic heterocycles. The summed E-state index contributed by atoms with van der Waals surface area (Å²) in [5.41, 5.74) is 0.0956. The highest BCUT2D eigenvalue weighted by Gasteiger charge is 2.33. The Bertz CT molecular complexity index is 1550. The molecule has 2 heterocycles. The molecule has 1 N–H and O–H groups in total. The summed E-state index contributed by atoms with van der Waals surface area (Å²) in [5.74, 6) is 1.01. The van der Waals surface area contributed by atoms with Gasteiger partial charge in [-0.15, -0.1) is 0 Å². The van der Waals surface area contributed by atoms with Gasteiger partial charge in [0, 0.05) is 69.2 Å². The first-order chi connectivity index (χ1) is 21.8. The number of likely N-dealkylation sites (N-methyl/N-ethyl adjacent to an activating group) is 1. The number of imide groups is 1. The third-order valence-electron chi connectivity index (χ3n) is 7.27. The Labute approximate surface area is 267 Å². The summed E-state index contributed by atoms with van der Waals surface area (Å²) in [7, 11) is 4.33. The van der Waals surface area contributed by atoms with E-state index in [1.54, 1.807) is 39.0 Å². The molecule has 246 valence electrons. The molecule has 15 nitrogen and oxygen atoms in total. The van der Waals surface area contributed by atoms with Gasteiger partial charge in [-0.05, 0) is 39.4 Å². The number of amides is 3. The molecule has 15 heteroatoms. The second-order valence-corrected chi connectivity index (χ2v) is 11.5. The van der Waals surface area contributed by atoms with E-state index in [-0.39, 0.29) is 28.7 Å². The van der Waals surface area contributed by atoms with Gasteiger partial charge in [0.05, 0.1) is 24.8 Å². The monoisotopic (exact) mass is 636 g/mol. The molecule has 46 heavy (non-hydrogen) atoms. The largest absolute Gasteiger partial charge is 0.497 e. The van der Waals surface area contributed by atoms with Crippen molar-refractivity contribution < 1.29 is 28.7 Å². The predicted octanol–water partition coefficient (Wildman–Crippen LogP) is 5.29. The number of urea groups is 1. The molecule has 3 aromatic rings. The predicted molar refractivity (Wildman–Crippen MR) is 175 cm³/mol. The first-order valence-electron chi connectivity index (χ1n) is 14.7. The number of piperazine rings is 1. The van der Waals surface area contributed by atoms with Gasteiger partial charge >= 0.3 is 12.1 Å². The molecule has 0 radical (unpaired) electrons. The van der Waals surface area contributed by atoms with Crippen LogP contribution in [-0.2, 0) is 4.74 Å². The number of carbonyl (C=O) groups excluding carboxylic acids is 2. The number of rotatable bonds is 9. The van der Waals surface area contributed by atoms with Crippen LogP contribution in [0.15, 0.2) is 48.8 Å². The van der Waals surface area contributed by atoms with Gasteiger partial charge in [0.25, 0.3) is 5.69 Å². The molecule has 4 rings (SSSR count). The summed E-state index contributed by atoms with van der Waals surface area (Å²) in [6.07, 6.45) is 0.278. The smallest absolute Gasteiger partial charge is 0.423 e. The van der Waals surface area contributed by atoms with Gasteiger partial charge in [-0.25, -0.2) is 19.6 Å². The Morgan fingerprint density at radius 3 is 2.22 bits per heavy atom. The molecule has 1 aliphatic rings. The van der Waals surface area contributed by atoms with Gasteiger partial charge in [0.2, 0.25) is 0 Å². The van der Waals surface area contributed by atoms with Gasteiger partial charge in [-0.3, -0.25) is 15.0 Å². The maximum atomic E-state index is 13.9. The molecule has 2 aromatic carbocycles. The number of anilines is 5. The number of nitro groups is 1. The second-order valence-electron chi connectivity index (χ2n) is 11.5. The Morgan fingerprint density at radius 2 is 1.65 bits per heavy atom. The summed E-state index contributed by atoms with van der Waals surface area (Å²) in [6.45, 7) is 11.5. The lowest BCUT2D eigenvalue weighted by molar-refractivity contribution is -0.383. The summed E-state index contributed by atoms with van der Waals surface area (Å²) in [6, 6.07) is 10.3. The van der Waals surface area contributed by atoms with Crippen molar-refractivity contribution >= 4 is 46.5 Å². The minimum absolute atomic E-state index is 0.110. The number of hydrogen-bond acceptors (Lipinski definition) is 12. The van der Waals surface area contributed by atoms with Crippen LogP contribution in [0, 0.1) is 10.1 Å². The molecule has 0 unspecified atom stereocenters. The molecule has 0 spiro atoms. The summed E-state index contributed by atoms with van der Waals surface area (Å²) in [4.78, 5) is 53.7. The number of aromatic nitrogens is 2. The maximum Gasteiger partial charge on any atom is 0.423 e. The normalized spacial score (nSPS) is 13.5. The first kappa shape index (κ1) is 33.7. The van der Waals surface area contributed by atoms with Gasteiger partial charge in [0.15, 0.2) is 0 Å². The van der Waals surface area contributed by atoms with Crippen LogP contribution in [0.1, 0.15) is 27.7 Å². The Hall–Kier alpha value is -5.18. The Morgan fingerprint density at radius 1 is 1.00 bits per heavy atom. The fraction of sp³-hybridized carbons (Fsp3) is 0.419. The van der Waals surface area contributed by atoms with Gasteiger partial charge < -0.3 is 29.3 Å². The van der Waals surface area contributed by atoms with E-state index in [9.17, 15) is 19.7 Å². The zero-order valence-electron chi connectivity index (χ0n) is 27.1. The zero-order chi connectivity index (χ0) is 33.6. The minimum Gasteiger partial charge on any atom is -0.497 e. The van der Waals surface area contributed by atoms with Gasteiger partial charge in [0.1, 0.15) is 40.8 Å². The number of carbonyl (C=O) groups is 2. The number of methoxy groups -OCH3 is 2. The number of hydrogen-bond donors (Lipinski definition) is 1. The van der Waals surface area contributed by atoms with Crippen LogP contribution >= 0.6 is 0 Å². The van der Waals surface area contributed by atoms with Crippen LogP contribution in [0.2, 0.25) is 0 Å². The van der Waals surface area contributed by atoms with E-state index in [0.717, 1.165) is 48.2 Å². The van der Waals surface area contributed by atoms with E-state index in [4.69, 9.17) is 14.2 Å². The number of nitrogens with one attached hydrogen (secondary N) is 1. The fourth-order valence-corrected chi connectivity index (χ4v) is 4.80. The van der Waals surface area contributed by atoms with Crippen LogP contribution < -0.4 is 29.5 Å². The van der Waals surface area contributed by atoms with Gasteiger partial charge in [-0.1, -0.05) is 6.92 Å². The van der Waals surface area contributed by atoms with Crippen molar-refractivity contribution in [3.05, 3.63) is 58.9 Å². The van der Waals surface area contributed by atoms with E-state index in [2.05, 4.69) is 32.0 Å². The Kier molecular flexibility index (Phi) is 10.5. The average molecular weight is 637 g/mol. The van der Waals surface area contributed by atoms with Crippen LogP contribution in [0.25, 0.3) is 0 Å². The van der Waals surface area contributed by atoms with Crippen molar-refractivity contribution in [1.29, 1.82) is 0 Å². The lowest BCUT2D eigenvalue weighted by Crippen LogP contribution is -2.47. The second kappa shape index (κ2) is 14.3. The molecule has 3 amide bonds. The number of ether oxygens (including phenoxy) is 3. The molecular weight excluding hydrogens is 596 g/mol.